The Bertz CT molecular complexity index is 248. The van der Waals surface area contributed by atoms with Crippen molar-refractivity contribution < 1.29 is 9.59 Å². The van der Waals surface area contributed by atoms with Crippen LogP contribution < -0.4 is 5.32 Å². The van der Waals surface area contributed by atoms with Crippen LogP contribution in [0, 0.1) is 0 Å². The van der Waals surface area contributed by atoms with Gasteiger partial charge in [-0.1, -0.05) is 0 Å². The van der Waals surface area contributed by atoms with Crippen LogP contribution in [0.25, 0.3) is 0 Å². The average molecular weight is 227 g/mol. The Morgan fingerprint density at radius 1 is 1.12 bits per heavy atom. The van der Waals surface area contributed by atoms with Crippen molar-refractivity contribution in [2.24, 2.45) is 0 Å². The zero-order chi connectivity index (χ0) is 12.0. The van der Waals surface area contributed by atoms with Crippen molar-refractivity contribution in [3.63, 3.8) is 0 Å². The molecule has 5 heteroatoms. The molecule has 92 valence electrons. The molecule has 0 aliphatic carbocycles. The largest absolute Gasteiger partial charge is 0.348 e. The third-order valence-corrected chi connectivity index (χ3v) is 2.76. The molecule has 16 heavy (non-hydrogen) atoms. The quantitative estimate of drug-likeness (QED) is 0.716. The lowest BCUT2D eigenvalue weighted by Gasteiger charge is -2.26. The fraction of sp³-hybridized carbons (Fsp3) is 0.818. The van der Waals surface area contributed by atoms with Crippen LogP contribution >= 0.6 is 0 Å². The maximum atomic E-state index is 11.7. The van der Waals surface area contributed by atoms with Gasteiger partial charge in [-0.25, -0.2) is 0 Å². The van der Waals surface area contributed by atoms with Gasteiger partial charge in [-0.3, -0.25) is 14.9 Å². The van der Waals surface area contributed by atoms with Gasteiger partial charge in [0.15, 0.2) is 0 Å². The lowest BCUT2D eigenvalue weighted by atomic mass is 10.1. The SMILES string of the molecule is CN(C)C(=O)CNCC(=O)N1CCCCC1. The predicted octanol–water partition coefficient (Wildman–Crippen LogP) is -0.323. The minimum absolute atomic E-state index is 0.00792. The van der Waals surface area contributed by atoms with Gasteiger partial charge in [-0.15, -0.1) is 0 Å². The molecule has 0 radical (unpaired) electrons. The van der Waals surface area contributed by atoms with Crippen molar-refractivity contribution in [2.75, 3.05) is 40.3 Å². The van der Waals surface area contributed by atoms with Crippen LogP contribution in [0.3, 0.4) is 0 Å². The van der Waals surface area contributed by atoms with E-state index in [2.05, 4.69) is 5.32 Å². The number of hydrogen-bond acceptors (Lipinski definition) is 3. The van der Waals surface area contributed by atoms with Crippen LogP contribution in [0.2, 0.25) is 0 Å². The van der Waals surface area contributed by atoms with E-state index in [1.165, 1.54) is 11.3 Å². The van der Waals surface area contributed by atoms with E-state index in [9.17, 15) is 9.59 Å². The molecule has 0 spiro atoms. The highest BCUT2D eigenvalue weighted by Gasteiger charge is 2.16. The molecule has 5 nitrogen and oxygen atoms in total. The molecule has 0 bridgehead atoms. The van der Waals surface area contributed by atoms with Gasteiger partial charge < -0.3 is 9.80 Å². The van der Waals surface area contributed by atoms with Gasteiger partial charge in [0.2, 0.25) is 11.8 Å². The summed E-state index contributed by atoms with van der Waals surface area (Å²) >= 11 is 0. The number of carbonyl (C=O) groups is 2. The molecule has 1 rings (SSSR count). The van der Waals surface area contributed by atoms with E-state index in [4.69, 9.17) is 0 Å². The van der Waals surface area contributed by atoms with E-state index in [0.29, 0.717) is 0 Å². The molecule has 0 aromatic heterocycles. The molecule has 0 unspecified atom stereocenters. The molecule has 1 aliphatic heterocycles. The van der Waals surface area contributed by atoms with Crippen molar-refractivity contribution in [1.29, 1.82) is 0 Å². The summed E-state index contributed by atoms with van der Waals surface area (Å²) in [6.07, 6.45) is 3.42. The summed E-state index contributed by atoms with van der Waals surface area (Å²) in [6, 6.07) is 0. The van der Waals surface area contributed by atoms with Gasteiger partial charge in [0, 0.05) is 27.2 Å². The topological polar surface area (TPSA) is 52.7 Å². The van der Waals surface area contributed by atoms with Crippen molar-refractivity contribution in [3.8, 4) is 0 Å². The highest BCUT2D eigenvalue weighted by molar-refractivity contribution is 5.81. The van der Waals surface area contributed by atoms with Crippen LogP contribution in [-0.2, 0) is 9.59 Å². The summed E-state index contributed by atoms with van der Waals surface area (Å²) in [7, 11) is 3.41. The third kappa shape index (κ3) is 4.18. The number of hydrogen-bond donors (Lipinski definition) is 1. The van der Waals surface area contributed by atoms with Crippen LogP contribution in [0.15, 0.2) is 0 Å². The second-order valence-corrected chi connectivity index (χ2v) is 4.33. The first-order valence-corrected chi connectivity index (χ1v) is 5.80. The third-order valence-electron chi connectivity index (χ3n) is 2.76. The molecule has 0 atom stereocenters. The van der Waals surface area contributed by atoms with Crippen molar-refractivity contribution >= 4 is 11.8 Å². The molecule has 1 N–H and O–H groups in total. The Morgan fingerprint density at radius 2 is 1.75 bits per heavy atom. The van der Waals surface area contributed by atoms with Crippen LogP contribution in [0.5, 0.6) is 0 Å². The van der Waals surface area contributed by atoms with Gasteiger partial charge in [-0.05, 0) is 19.3 Å². The fourth-order valence-electron chi connectivity index (χ4n) is 1.69. The first-order valence-electron chi connectivity index (χ1n) is 5.80. The minimum Gasteiger partial charge on any atom is -0.348 e. The van der Waals surface area contributed by atoms with E-state index >= 15 is 0 Å². The van der Waals surface area contributed by atoms with Gasteiger partial charge in [0.1, 0.15) is 0 Å². The average Bonchev–Trinajstić information content (AvgIpc) is 2.29. The summed E-state index contributed by atoms with van der Waals surface area (Å²) in [5.74, 6) is 0.0951. The van der Waals surface area contributed by atoms with Crippen molar-refractivity contribution in [1.82, 2.24) is 15.1 Å². The Balaban J connectivity index is 2.17. The number of amides is 2. The molecular formula is C11H21N3O2. The first kappa shape index (κ1) is 13.0. The standard InChI is InChI=1S/C11H21N3O2/c1-13(2)10(15)8-12-9-11(16)14-6-4-3-5-7-14/h12H,3-9H2,1-2H3. The summed E-state index contributed by atoms with van der Waals surface area (Å²) in [4.78, 5) is 26.3. The highest BCUT2D eigenvalue weighted by Crippen LogP contribution is 2.07. The second kappa shape index (κ2) is 6.48. The molecule has 0 aromatic rings. The monoisotopic (exact) mass is 227 g/mol. The van der Waals surface area contributed by atoms with Crippen LogP contribution in [0.1, 0.15) is 19.3 Å². The summed E-state index contributed by atoms with van der Waals surface area (Å²) < 4.78 is 0. The molecule has 1 fully saturated rings. The summed E-state index contributed by atoms with van der Waals surface area (Å²) in [5.41, 5.74) is 0. The maximum Gasteiger partial charge on any atom is 0.236 e. The van der Waals surface area contributed by atoms with Gasteiger partial charge in [0.25, 0.3) is 0 Å². The number of rotatable bonds is 4. The number of likely N-dealkylation sites (N-methyl/N-ethyl adjacent to an activating group) is 1. The van der Waals surface area contributed by atoms with Crippen LogP contribution in [-0.4, -0.2) is 61.9 Å². The molecule has 1 heterocycles. The smallest absolute Gasteiger partial charge is 0.236 e. The molecule has 2 amide bonds. The Hall–Kier alpha value is -1.10. The van der Waals surface area contributed by atoms with E-state index < -0.39 is 0 Å². The van der Waals surface area contributed by atoms with E-state index in [-0.39, 0.29) is 24.9 Å². The van der Waals surface area contributed by atoms with Crippen molar-refractivity contribution in [2.45, 2.75) is 19.3 Å². The summed E-state index contributed by atoms with van der Waals surface area (Å²) in [6.45, 7) is 2.22. The highest BCUT2D eigenvalue weighted by atomic mass is 16.2. The minimum atomic E-state index is -0.00792. The number of piperidine rings is 1. The zero-order valence-corrected chi connectivity index (χ0v) is 10.2. The van der Waals surface area contributed by atoms with E-state index in [1.54, 1.807) is 14.1 Å². The van der Waals surface area contributed by atoms with Crippen LogP contribution in [0.4, 0.5) is 0 Å². The lowest BCUT2D eigenvalue weighted by molar-refractivity contribution is -0.131. The lowest BCUT2D eigenvalue weighted by Crippen LogP contribution is -2.43. The summed E-state index contributed by atoms with van der Waals surface area (Å²) in [5, 5.41) is 2.88. The first-order chi connectivity index (χ1) is 7.61. The number of carbonyl (C=O) groups excluding carboxylic acids is 2. The van der Waals surface area contributed by atoms with E-state index in [0.717, 1.165) is 25.9 Å². The number of nitrogens with one attached hydrogen (secondary N) is 1. The molecule has 0 saturated carbocycles. The van der Waals surface area contributed by atoms with E-state index in [1.807, 2.05) is 4.90 Å². The Labute approximate surface area is 96.8 Å². The Kier molecular flexibility index (Phi) is 5.25. The maximum absolute atomic E-state index is 11.7. The fourth-order valence-corrected chi connectivity index (χ4v) is 1.69. The molecular weight excluding hydrogens is 206 g/mol. The number of nitrogens with zero attached hydrogens (tertiary/aromatic N) is 2. The second-order valence-electron chi connectivity index (χ2n) is 4.33. The molecule has 1 aliphatic rings. The van der Waals surface area contributed by atoms with Gasteiger partial charge in [0.05, 0.1) is 13.1 Å². The van der Waals surface area contributed by atoms with Gasteiger partial charge >= 0.3 is 0 Å². The Morgan fingerprint density at radius 3 is 2.31 bits per heavy atom. The molecule has 0 aromatic carbocycles. The normalized spacial score (nSPS) is 16.0. The van der Waals surface area contributed by atoms with Gasteiger partial charge in [-0.2, -0.15) is 0 Å². The predicted molar refractivity (Wildman–Crippen MR) is 62.0 cm³/mol. The molecule has 1 saturated heterocycles. The number of likely N-dealkylation sites (tertiary alicyclic amines) is 1. The zero-order valence-electron chi connectivity index (χ0n) is 10.2. The van der Waals surface area contributed by atoms with Crippen molar-refractivity contribution in [3.05, 3.63) is 0 Å².